The molecule has 0 N–H and O–H groups in total. The molecule has 1 fully saturated rings. The Bertz CT molecular complexity index is 376. The molecule has 0 saturated carbocycles. The van der Waals surface area contributed by atoms with E-state index in [1.165, 1.54) is 13.8 Å². The zero-order valence-corrected chi connectivity index (χ0v) is 12.9. The Labute approximate surface area is 120 Å². The molecule has 0 radical (unpaired) electrons. The van der Waals surface area contributed by atoms with E-state index < -0.39 is 0 Å². The van der Waals surface area contributed by atoms with Crippen LogP contribution in [-0.2, 0) is 14.4 Å². The monoisotopic (exact) mass is 283 g/mol. The lowest BCUT2D eigenvalue weighted by Crippen LogP contribution is -2.53. The second kappa shape index (κ2) is 7.26. The largest absolute Gasteiger partial charge is 0.339 e. The van der Waals surface area contributed by atoms with E-state index in [4.69, 9.17) is 0 Å². The summed E-state index contributed by atoms with van der Waals surface area (Å²) >= 11 is 0. The first-order valence-corrected chi connectivity index (χ1v) is 7.17. The lowest BCUT2D eigenvalue weighted by atomic mass is 10.2. The zero-order chi connectivity index (χ0) is 15.3. The first-order valence-electron chi connectivity index (χ1n) is 7.17. The van der Waals surface area contributed by atoms with Crippen molar-refractivity contribution in [3.8, 4) is 0 Å². The fraction of sp³-hybridized carbons (Fsp3) is 0.786. The van der Waals surface area contributed by atoms with Crippen LogP contribution in [0.25, 0.3) is 0 Å². The normalized spacial score (nSPS) is 16.8. The summed E-state index contributed by atoms with van der Waals surface area (Å²) in [5.74, 6) is -0.0687. The number of nitrogens with zero attached hydrogens (tertiary/aromatic N) is 3. The van der Waals surface area contributed by atoms with Crippen LogP contribution in [0.3, 0.4) is 0 Å². The minimum absolute atomic E-state index is 0.0382. The van der Waals surface area contributed by atoms with Crippen LogP contribution in [0.4, 0.5) is 0 Å². The van der Waals surface area contributed by atoms with E-state index in [0.717, 1.165) is 6.42 Å². The van der Waals surface area contributed by atoms with E-state index in [9.17, 15) is 14.4 Å². The number of carbonyl (C=O) groups is 3. The van der Waals surface area contributed by atoms with Crippen molar-refractivity contribution in [3.63, 3.8) is 0 Å². The predicted molar refractivity (Wildman–Crippen MR) is 76.0 cm³/mol. The van der Waals surface area contributed by atoms with Gasteiger partial charge in [-0.25, -0.2) is 0 Å². The van der Waals surface area contributed by atoms with Crippen molar-refractivity contribution in [1.82, 2.24) is 14.7 Å². The van der Waals surface area contributed by atoms with Gasteiger partial charge in [-0.15, -0.1) is 0 Å². The molecule has 3 amide bonds. The summed E-state index contributed by atoms with van der Waals surface area (Å²) in [5, 5.41) is 0. The van der Waals surface area contributed by atoms with Crippen molar-refractivity contribution in [2.75, 3.05) is 32.7 Å². The maximum atomic E-state index is 12.2. The maximum Gasteiger partial charge on any atom is 0.242 e. The first-order chi connectivity index (χ1) is 9.36. The SMILES string of the molecule is CCC(C)N(CC(=O)N1CCN(C(C)=O)CC1)C(C)=O. The van der Waals surface area contributed by atoms with Crippen molar-refractivity contribution < 1.29 is 14.4 Å². The van der Waals surface area contributed by atoms with Crippen LogP contribution in [0.1, 0.15) is 34.1 Å². The van der Waals surface area contributed by atoms with Crippen LogP contribution in [0.15, 0.2) is 0 Å². The molecule has 0 aromatic carbocycles. The molecule has 0 aromatic rings. The number of hydrogen-bond donors (Lipinski definition) is 0. The van der Waals surface area contributed by atoms with E-state index in [1.807, 2.05) is 13.8 Å². The standard InChI is InChI=1S/C14H25N3O3/c1-5-11(2)17(13(4)19)10-14(20)16-8-6-15(7-9-16)12(3)18/h11H,5-10H2,1-4H3. The molecular formula is C14H25N3O3. The Kier molecular flexibility index (Phi) is 5.98. The zero-order valence-electron chi connectivity index (χ0n) is 12.9. The minimum atomic E-state index is -0.0740. The van der Waals surface area contributed by atoms with Crippen molar-refractivity contribution in [3.05, 3.63) is 0 Å². The van der Waals surface area contributed by atoms with Crippen molar-refractivity contribution in [2.24, 2.45) is 0 Å². The Balaban J connectivity index is 2.54. The smallest absolute Gasteiger partial charge is 0.242 e. The van der Waals surface area contributed by atoms with E-state index >= 15 is 0 Å². The molecule has 0 aromatic heterocycles. The Morgan fingerprint density at radius 2 is 1.55 bits per heavy atom. The van der Waals surface area contributed by atoms with Gasteiger partial charge in [0.2, 0.25) is 17.7 Å². The van der Waals surface area contributed by atoms with E-state index in [2.05, 4.69) is 0 Å². The van der Waals surface area contributed by atoms with Crippen LogP contribution >= 0.6 is 0 Å². The van der Waals surface area contributed by atoms with Crippen LogP contribution in [0.2, 0.25) is 0 Å². The molecule has 1 heterocycles. The number of carbonyl (C=O) groups excluding carboxylic acids is 3. The molecule has 1 atom stereocenters. The van der Waals surface area contributed by atoms with Gasteiger partial charge in [-0.1, -0.05) is 6.92 Å². The van der Waals surface area contributed by atoms with Gasteiger partial charge < -0.3 is 14.7 Å². The van der Waals surface area contributed by atoms with Gasteiger partial charge in [0.15, 0.2) is 0 Å². The first kappa shape index (κ1) is 16.5. The predicted octanol–water partition coefficient (Wildman–Crippen LogP) is 0.324. The van der Waals surface area contributed by atoms with Crippen LogP contribution < -0.4 is 0 Å². The lowest BCUT2D eigenvalue weighted by Gasteiger charge is -2.36. The van der Waals surface area contributed by atoms with E-state index in [0.29, 0.717) is 26.2 Å². The molecule has 1 rings (SSSR count). The molecule has 0 bridgehead atoms. The average Bonchev–Trinajstić information content (AvgIpc) is 2.43. The molecule has 0 spiro atoms. The second-order valence-electron chi connectivity index (χ2n) is 5.29. The van der Waals surface area contributed by atoms with Crippen LogP contribution in [0.5, 0.6) is 0 Å². The Hall–Kier alpha value is -1.59. The highest BCUT2D eigenvalue weighted by Gasteiger charge is 2.25. The van der Waals surface area contributed by atoms with Crippen LogP contribution in [-0.4, -0.2) is 71.2 Å². The topological polar surface area (TPSA) is 60.9 Å². The number of amides is 3. The van der Waals surface area contributed by atoms with Gasteiger partial charge in [-0.05, 0) is 13.3 Å². The van der Waals surface area contributed by atoms with Gasteiger partial charge in [0.1, 0.15) is 0 Å². The van der Waals surface area contributed by atoms with Gasteiger partial charge in [0.05, 0.1) is 6.54 Å². The fourth-order valence-electron chi connectivity index (χ4n) is 2.31. The quantitative estimate of drug-likeness (QED) is 0.747. The molecule has 114 valence electrons. The van der Waals surface area contributed by atoms with Gasteiger partial charge >= 0.3 is 0 Å². The van der Waals surface area contributed by atoms with Crippen LogP contribution in [0, 0.1) is 0 Å². The van der Waals surface area contributed by atoms with E-state index in [-0.39, 0.29) is 30.3 Å². The Morgan fingerprint density at radius 1 is 1.05 bits per heavy atom. The van der Waals surface area contributed by atoms with E-state index in [1.54, 1.807) is 14.7 Å². The second-order valence-corrected chi connectivity index (χ2v) is 5.29. The van der Waals surface area contributed by atoms with Gasteiger partial charge in [-0.3, -0.25) is 14.4 Å². The molecule has 20 heavy (non-hydrogen) atoms. The average molecular weight is 283 g/mol. The maximum absolute atomic E-state index is 12.2. The molecule has 6 heteroatoms. The summed E-state index contributed by atoms with van der Waals surface area (Å²) in [4.78, 5) is 40.2. The fourth-order valence-corrected chi connectivity index (χ4v) is 2.31. The molecule has 1 saturated heterocycles. The highest BCUT2D eigenvalue weighted by atomic mass is 16.2. The van der Waals surface area contributed by atoms with Gasteiger partial charge in [0.25, 0.3) is 0 Å². The van der Waals surface area contributed by atoms with Crippen molar-refractivity contribution in [2.45, 2.75) is 40.2 Å². The summed E-state index contributed by atoms with van der Waals surface area (Å²) in [6.07, 6.45) is 0.824. The molecule has 0 aliphatic carbocycles. The number of rotatable bonds is 4. The Morgan fingerprint density at radius 3 is 1.95 bits per heavy atom. The summed E-state index contributed by atoms with van der Waals surface area (Å²) in [5.41, 5.74) is 0. The lowest BCUT2D eigenvalue weighted by molar-refractivity contribution is -0.143. The van der Waals surface area contributed by atoms with Crippen molar-refractivity contribution >= 4 is 17.7 Å². The molecule has 1 aliphatic rings. The van der Waals surface area contributed by atoms with Crippen molar-refractivity contribution in [1.29, 1.82) is 0 Å². The molecule has 1 unspecified atom stereocenters. The highest BCUT2D eigenvalue weighted by molar-refractivity contribution is 5.84. The molecule has 6 nitrogen and oxygen atoms in total. The number of piperazine rings is 1. The molecule has 1 aliphatic heterocycles. The summed E-state index contributed by atoms with van der Waals surface area (Å²) in [7, 11) is 0. The third-order valence-electron chi connectivity index (χ3n) is 3.91. The third-order valence-corrected chi connectivity index (χ3v) is 3.91. The van der Waals surface area contributed by atoms with Gasteiger partial charge in [0, 0.05) is 46.1 Å². The molecular weight excluding hydrogens is 258 g/mol. The third kappa shape index (κ3) is 4.21. The summed E-state index contributed by atoms with van der Waals surface area (Å²) in [6, 6.07) is 0.0648. The van der Waals surface area contributed by atoms with Gasteiger partial charge in [-0.2, -0.15) is 0 Å². The highest BCUT2D eigenvalue weighted by Crippen LogP contribution is 2.07. The minimum Gasteiger partial charge on any atom is -0.339 e. The summed E-state index contributed by atoms with van der Waals surface area (Å²) in [6.45, 7) is 9.35. The number of hydrogen-bond acceptors (Lipinski definition) is 3. The summed E-state index contributed by atoms with van der Waals surface area (Å²) < 4.78 is 0.